The predicted molar refractivity (Wildman–Crippen MR) is 66.2 cm³/mol. The summed E-state index contributed by atoms with van der Waals surface area (Å²) in [6.45, 7) is 2.92. The number of hydrogen-bond acceptors (Lipinski definition) is 6. The van der Waals surface area contributed by atoms with E-state index >= 15 is 0 Å². The van der Waals surface area contributed by atoms with Crippen LogP contribution in [0.3, 0.4) is 0 Å². The highest BCUT2D eigenvalue weighted by atomic mass is 16.6. The number of alkyl carbamates (subject to hydrolysis) is 1. The molecule has 0 fully saturated rings. The largest absolute Gasteiger partial charge is 0.502 e. The molecule has 3 N–H and O–H groups in total. The molecule has 0 saturated heterocycles. The summed E-state index contributed by atoms with van der Waals surface area (Å²) in [5, 5.41) is 20.0. The van der Waals surface area contributed by atoms with Gasteiger partial charge in [0.05, 0.1) is 0 Å². The molecule has 1 aromatic heterocycles. The highest BCUT2D eigenvalue weighted by Gasteiger charge is 2.24. The van der Waals surface area contributed by atoms with E-state index in [1.165, 1.54) is 0 Å². The van der Waals surface area contributed by atoms with Crippen molar-refractivity contribution in [1.29, 1.82) is 0 Å². The van der Waals surface area contributed by atoms with Gasteiger partial charge in [0.1, 0.15) is 18.1 Å². The zero-order valence-corrected chi connectivity index (χ0v) is 11.0. The van der Waals surface area contributed by atoms with Gasteiger partial charge in [-0.15, -0.1) is 0 Å². The maximum atomic E-state index is 11.4. The van der Waals surface area contributed by atoms with E-state index in [0.717, 1.165) is 12.3 Å². The maximum absolute atomic E-state index is 11.4. The molecular weight excluding hydrogens is 270 g/mol. The van der Waals surface area contributed by atoms with Crippen LogP contribution in [0, 0.1) is 5.92 Å². The van der Waals surface area contributed by atoms with Crippen LogP contribution in [0.1, 0.15) is 19.6 Å². The minimum absolute atomic E-state index is 0.0272. The Bertz CT molecular complexity index is 549. The predicted octanol–water partition coefficient (Wildman–Crippen LogP) is 0.681. The molecule has 0 saturated carbocycles. The normalized spacial score (nSPS) is 11.9. The molecule has 0 radical (unpaired) electrons. The van der Waals surface area contributed by atoms with E-state index in [2.05, 4.69) is 5.32 Å². The van der Waals surface area contributed by atoms with Gasteiger partial charge in [0.15, 0.2) is 12.4 Å². The van der Waals surface area contributed by atoms with Crippen molar-refractivity contribution in [3.63, 3.8) is 0 Å². The molecule has 1 atom stereocenters. The molecule has 0 unspecified atom stereocenters. The molecule has 0 aliphatic carbocycles. The van der Waals surface area contributed by atoms with Crippen LogP contribution in [0.2, 0.25) is 0 Å². The number of nitrogens with one attached hydrogen (secondary N) is 1. The summed E-state index contributed by atoms with van der Waals surface area (Å²) in [5.41, 5.74) is -0.666. The third-order valence-corrected chi connectivity index (χ3v) is 2.42. The number of hydrogen-bond donors (Lipinski definition) is 3. The summed E-state index contributed by atoms with van der Waals surface area (Å²) in [6.07, 6.45) is -0.116. The van der Waals surface area contributed by atoms with Gasteiger partial charge in [-0.25, -0.2) is 9.59 Å². The zero-order chi connectivity index (χ0) is 15.3. The first kappa shape index (κ1) is 15.5. The number of ether oxygens (including phenoxy) is 1. The molecule has 1 amide bonds. The van der Waals surface area contributed by atoms with Gasteiger partial charge in [-0.3, -0.25) is 4.79 Å². The lowest BCUT2D eigenvalue weighted by Gasteiger charge is -2.17. The summed E-state index contributed by atoms with van der Waals surface area (Å²) in [7, 11) is 0. The van der Waals surface area contributed by atoms with Gasteiger partial charge in [-0.2, -0.15) is 0 Å². The molecule has 8 nitrogen and oxygen atoms in total. The standard InChI is InChI=1S/C12H15NO7/c1-6(2)10(11(16)17)13-12(18)20-4-7-3-8(14)9(15)5-19-7/h3,5-6,10,15H,4H2,1-2H3,(H,13,18)(H,16,17)/t10-/m0/s1. The molecular formula is C12H15NO7. The van der Waals surface area contributed by atoms with E-state index in [4.69, 9.17) is 19.4 Å². The van der Waals surface area contributed by atoms with Crippen molar-refractivity contribution in [1.82, 2.24) is 5.32 Å². The second-order valence-electron chi connectivity index (χ2n) is 4.38. The van der Waals surface area contributed by atoms with Crippen LogP contribution < -0.4 is 10.7 Å². The van der Waals surface area contributed by atoms with Crippen LogP contribution in [0.5, 0.6) is 5.75 Å². The van der Waals surface area contributed by atoms with Gasteiger partial charge < -0.3 is 24.7 Å². The Morgan fingerprint density at radius 1 is 1.45 bits per heavy atom. The Morgan fingerprint density at radius 2 is 2.10 bits per heavy atom. The molecule has 0 spiro atoms. The van der Waals surface area contributed by atoms with E-state index in [1.807, 2.05) is 0 Å². The number of aromatic hydroxyl groups is 1. The number of aliphatic carboxylic acids is 1. The average Bonchev–Trinajstić information content (AvgIpc) is 2.36. The Balaban J connectivity index is 2.56. The fourth-order valence-corrected chi connectivity index (χ4v) is 1.34. The highest BCUT2D eigenvalue weighted by Crippen LogP contribution is 2.06. The first-order valence-corrected chi connectivity index (χ1v) is 5.78. The molecule has 0 bridgehead atoms. The van der Waals surface area contributed by atoms with Crippen LogP contribution in [-0.2, 0) is 16.1 Å². The van der Waals surface area contributed by atoms with Gasteiger partial charge in [0, 0.05) is 6.07 Å². The van der Waals surface area contributed by atoms with Gasteiger partial charge in [0.2, 0.25) is 5.43 Å². The lowest BCUT2D eigenvalue weighted by Crippen LogP contribution is -2.44. The molecule has 110 valence electrons. The first-order valence-electron chi connectivity index (χ1n) is 5.78. The number of rotatable bonds is 5. The average molecular weight is 285 g/mol. The number of carbonyl (C=O) groups excluding carboxylic acids is 1. The molecule has 0 aliphatic rings. The summed E-state index contributed by atoms with van der Waals surface area (Å²) < 4.78 is 9.54. The van der Waals surface area contributed by atoms with E-state index in [0.29, 0.717) is 0 Å². The number of carboxylic acid groups (broad SMARTS) is 1. The van der Waals surface area contributed by atoms with Crippen molar-refractivity contribution in [3.05, 3.63) is 28.3 Å². The maximum Gasteiger partial charge on any atom is 0.408 e. The molecule has 1 rings (SSSR count). The van der Waals surface area contributed by atoms with Gasteiger partial charge in [0.25, 0.3) is 0 Å². The number of amides is 1. The van der Waals surface area contributed by atoms with E-state index < -0.39 is 29.3 Å². The Morgan fingerprint density at radius 3 is 2.60 bits per heavy atom. The first-order chi connectivity index (χ1) is 9.31. The molecule has 20 heavy (non-hydrogen) atoms. The second-order valence-corrected chi connectivity index (χ2v) is 4.38. The topological polar surface area (TPSA) is 126 Å². The minimum atomic E-state index is -1.17. The lowest BCUT2D eigenvalue weighted by atomic mass is 10.1. The molecule has 1 heterocycles. The molecule has 0 aliphatic heterocycles. The van der Waals surface area contributed by atoms with Crippen molar-refractivity contribution < 1.29 is 29.0 Å². The molecule has 1 aromatic rings. The van der Waals surface area contributed by atoms with Crippen molar-refractivity contribution in [2.45, 2.75) is 26.5 Å². The van der Waals surface area contributed by atoms with Crippen LogP contribution >= 0.6 is 0 Å². The summed E-state index contributed by atoms with van der Waals surface area (Å²) in [4.78, 5) is 33.4. The minimum Gasteiger partial charge on any atom is -0.502 e. The Kier molecular flexibility index (Phi) is 5.13. The summed E-state index contributed by atoms with van der Waals surface area (Å²) >= 11 is 0. The highest BCUT2D eigenvalue weighted by molar-refractivity contribution is 5.80. The van der Waals surface area contributed by atoms with Crippen molar-refractivity contribution in [2.24, 2.45) is 5.92 Å². The van der Waals surface area contributed by atoms with E-state index in [1.54, 1.807) is 13.8 Å². The van der Waals surface area contributed by atoms with Crippen LogP contribution in [-0.4, -0.2) is 28.3 Å². The van der Waals surface area contributed by atoms with E-state index in [-0.39, 0.29) is 18.3 Å². The van der Waals surface area contributed by atoms with Gasteiger partial charge in [-0.05, 0) is 5.92 Å². The van der Waals surface area contributed by atoms with Crippen molar-refractivity contribution in [3.8, 4) is 5.75 Å². The fourth-order valence-electron chi connectivity index (χ4n) is 1.34. The Hall–Kier alpha value is -2.51. The number of carboxylic acids is 1. The second kappa shape index (κ2) is 6.60. The molecule has 8 heteroatoms. The lowest BCUT2D eigenvalue weighted by molar-refractivity contribution is -0.140. The molecule has 0 aromatic carbocycles. The van der Waals surface area contributed by atoms with Crippen LogP contribution in [0.4, 0.5) is 4.79 Å². The van der Waals surface area contributed by atoms with Gasteiger partial charge >= 0.3 is 12.1 Å². The van der Waals surface area contributed by atoms with Crippen LogP contribution in [0.15, 0.2) is 21.5 Å². The smallest absolute Gasteiger partial charge is 0.408 e. The third-order valence-electron chi connectivity index (χ3n) is 2.42. The van der Waals surface area contributed by atoms with Gasteiger partial charge in [-0.1, -0.05) is 13.8 Å². The zero-order valence-electron chi connectivity index (χ0n) is 11.0. The Labute approximate surface area is 114 Å². The third kappa shape index (κ3) is 4.30. The van der Waals surface area contributed by atoms with Crippen molar-refractivity contribution >= 4 is 12.1 Å². The quantitative estimate of drug-likeness (QED) is 0.726. The fraction of sp³-hybridized carbons (Fsp3) is 0.417. The number of carbonyl (C=O) groups is 2. The van der Waals surface area contributed by atoms with Crippen LogP contribution in [0.25, 0.3) is 0 Å². The monoisotopic (exact) mass is 285 g/mol. The SMILES string of the molecule is CC(C)[C@H](NC(=O)OCc1cc(=O)c(O)co1)C(=O)O. The summed E-state index contributed by atoms with van der Waals surface area (Å²) in [6, 6.07) is -0.103. The van der Waals surface area contributed by atoms with E-state index in [9.17, 15) is 14.4 Å². The summed E-state index contributed by atoms with van der Waals surface area (Å²) in [5.74, 6) is -2.01. The van der Waals surface area contributed by atoms with Crippen molar-refractivity contribution in [2.75, 3.05) is 0 Å².